The third-order valence-electron chi connectivity index (χ3n) is 3.19. The second-order valence-corrected chi connectivity index (χ2v) is 4.75. The van der Waals surface area contributed by atoms with Gasteiger partial charge in [0.05, 0.1) is 12.2 Å². The van der Waals surface area contributed by atoms with Crippen LogP contribution >= 0.6 is 0 Å². The van der Waals surface area contributed by atoms with Crippen LogP contribution in [0.3, 0.4) is 0 Å². The Balaban J connectivity index is 1.75. The lowest BCUT2D eigenvalue weighted by molar-refractivity contribution is 0.851. The van der Waals surface area contributed by atoms with Crippen LogP contribution in [0.2, 0.25) is 0 Å². The van der Waals surface area contributed by atoms with Crippen molar-refractivity contribution < 1.29 is 0 Å². The maximum absolute atomic E-state index is 4.34. The van der Waals surface area contributed by atoms with E-state index in [2.05, 4.69) is 25.9 Å². The van der Waals surface area contributed by atoms with E-state index in [1.807, 2.05) is 31.4 Å². The second-order valence-electron chi connectivity index (χ2n) is 4.75. The van der Waals surface area contributed by atoms with Crippen molar-refractivity contribution in [1.29, 1.82) is 0 Å². The highest BCUT2D eigenvalue weighted by atomic mass is 15.2. The number of pyridine rings is 1. The molecule has 0 aliphatic heterocycles. The van der Waals surface area contributed by atoms with Crippen LogP contribution in [0, 0.1) is 0 Å². The summed E-state index contributed by atoms with van der Waals surface area (Å²) in [4.78, 5) is 15.1. The van der Waals surface area contributed by atoms with E-state index in [9.17, 15) is 0 Å². The molecule has 1 fully saturated rings. The van der Waals surface area contributed by atoms with E-state index in [-0.39, 0.29) is 0 Å². The Morgan fingerprint density at radius 2 is 2.11 bits per heavy atom. The van der Waals surface area contributed by atoms with E-state index in [0.717, 1.165) is 18.1 Å². The zero-order chi connectivity index (χ0) is 12.4. The summed E-state index contributed by atoms with van der Waals surface area (Å²) in [5.74, 6) is 1.63. The van der Waals surface area contributed by atoms with E-state index < -0.39 is 0 Å². The largest absolute Gasteiger partial charge is 0.354 e. The van der Waals surface area contributed by atoms with Crippen LogP contribution in [0.25, 0.3) is 0 Å². The Hall–Kier alpha value is -1.97. The first-order chi connectivity index (χ1) is 8.83. The summed E-state index contributed by atoms with van der Waals surface area (Å²) in [5, 5.41) is 0. The molecule has 2 aromatic rings. The minimum Gasteiger partial charge on any atom is -0.354 e. The number of hydrogen-bond acceptors (Lipinski definition) is 4. The highest BCUT2D eigenvalue weighted by Gasteiger charge is 2.25. The van der Waals surface area contributed by atoms with Gasteiger partial charge >= 0.3 is 0 Å². The molecule has 1 saturated carbocycles. The SMILES string of the molecule is CN(Cc1ccccn1)c1cc(C2CC2)ncn1. The smallest absolute Gasteiger partial charge is 0.132 e. The van der Waals surface area contributed by atoms with Crippen molar-refractivity contribution in [2.45, 2.75) is 25.3 Å². The summed E-state index contributed by atoms with van der Waals surface area (Å²) in [6.07, 6.45) is 6.01. The molecule has 3 rings (SSSR count). The summed E-state index contributed by atoms with van der Waals surface area (Å²) < 4.78 is 0. The van der Waals surface area contributed by atoms with Crippen molar-refractivity contribution in [2.24, 2.45) is 0 Å². The summed E-state index contributed by atoms with van der Waals surface area (Å²) in [7, 11) is 2.04. The van der Waals surface area contributed by atoms with Crippen molar-refractivity contribution in [3.8, 4) is 0 Å². The Bertz CT molecular complexity index is 522. The van der Waals surface area contributed by atoms with Gasteiger partial charge in [-0.3, -0.25) is 4.98 Å². The Morgan fingerprint density at radius 3 is 2.83 bits per heavy atom. The highest BCUT2D eigenvalue weighted by molar-refractivity contribution is 5.39. The number of nitrogens with zero attached hydrogens (tertiary/aromatic N) is 4. The number of anilines is 1. The van der Waals surface area contributed by atoms with Gasteiger partial charge in [0.15, 0.2) is 0 Å². The van der Waals surface area contributed by atoms with Crippen LogP contribution in [0.15, 0.2) is 36.8 Å². The summed E-state index contributed by atoms with van der Waals surface area (Å²) in [5.41, 5.74) is 2.22. The molecule has 1 aliphatic carbocycles. The predicted octanol–water partition coefficient (Wildman–Crippen LogP) is 2.39. The molecular weight excluding hydrogens is 224 g/mol. The maximum Gasteiger partial charge on any atom is 0.132 e. The molecule has 92 valence electrons. The van der Waals surface area contributed by atoms with Crippen LogP contribution in [-0.2, 0) is 6.54 Å². The average molecular weight is 240 g/mol. The summed E-state index contributed by atoms with van der Waals surface area (Å²) in [6.45, 7) is 0.766. The van der Waals surface area contributed by atoms with Gasteiger partial charge in [0.25, 0.3) is 0 Å². The molecule has 0 unspecified atom stereocenters. The van der Waals surface area contributed by atoms with Gasteiger partial charge in [-0.05, 0) is 25.0 Å². The molecule has 0 N–H and O–H groups in total. The molecule has 0 radical (unpaired) electrons. The first-order valence-corrected chi connectivity index (χ1v) is 6.26. The van der Waals surface area contributed by atoms with Gasteiger partial charge in [0.2, 0.25) is 0 Å². The van der Waals surface area contributed by atoms with E-state index >= 15 is 0 Å². The molecule has 4 nitrogen and oxygen atoms in total. The molecule has 0 atom stereocenters. The van der Waals surface area contributed by atoms with Crippen molar-refractivity contribution >= 4 is 5.82 Å². The molecule has 0 amide bonds. The van der Waals surface area contributed by atoms with Gasteiger partial charge in [-0.2, -0.15) is 0 Å². The van der Waals surface area contributed by atoms with Crippen molar-refractivity contribution in [1.82, 2.24) is 15.0 Å². The highest BCUT2D eigenvalue weighted by Crippen LogP contribution is 2.39. The normalized spacial score (nSPS) is 14.5. The van der Waals surface area contributed by atoms with Crippen molar-refractivity contribution in [3.05, 3.63) is 48.2 Å². The van der Waals surface area contributed by atoms with Crippen LogP contribution in [-0.4, -0.2) is 22.0 Å². The van der Waals surface area contributed by atoms with Crippen LogP contribution in [0.4, 0.5) is 5.82 Å². The maximum atomic E-state index is 4.34. The third kappa shape index (κ3) is 2.47. The molecule has 0 aromatic carbocycles. The molecule has 1 aliphatic rings. The van der Waals surface area contributed by atoms with Gasteiger partial charge in [0, 0.05) is 30.9 Å². The minimum atomic E-state index is 0.662. The lowest BCUT2D eigenvalue weighted by atomic mass is 10.2. The Labute approximate surface area is 107 Å². The molecule has 2 aromatic heterocycles. The van der Waals surface area contributed by atoms with Gasteiger partial charge in [-0.1, -0.05) is 6.07 Å². The Morgan fingerprint density at radius 1 is 1.22 bits per heavy atom. The Kier molecular flexibility index (Phi) is 2.92. The molecular formula is C14H16N4. The monoisotopic (exact) mass is 240 g/mol. The average Bonchev–Trinajstić information content (AvgIpc) is 3.24. The van der Waals surface area contributed by atoms with Crippen molar-refractivity contribution in [2.75, 3.05) is 11.9 Å². The number of rotatable bonds is 4. The van der Waals surface area contributed by atoms with Gasteiger partial charge in [0.1, 0.15) is 12.1 Å². The first kappa shape index (κ1) is 11.1. The van der Waals surface area contributed by atoms with E-state index in [0.29, 0.717) is 5.92 Å². The standard InChI is InChI=1S/C14H16N4/c1-18(9-12-4-2-3-7-15-12)14-8-13(11-5-6-11)16-10-17-14/h2-4,7-8,10-11H,5-6,9H2,1H3. The summed E-state index contributed by atoms with van der Waals surface area (Å²) in [6, 6.07) is 8.06. The van der Waals surface area contributed by atoms with Gasteiger partial charge in [-0.15, -0.1) is 0 Å². The first-order valence-electron chi connectivity index (χ1n) is 6.26. The van der Waals surface area contributed by atoms with Crippen LogP contribution in [0.5, 0.6) is 0 Å². The molecule has 4 heteroatoms. The zero-order valence-corrected chi connectivity index (χ0v) is 10.5. The number of aromatic nitrogens is 3. The fourth-order valence-corrected chi connectivity index (χ4v) is 1.99. The molecule has 0 spiro atoms. The summed E-state index contributed by atoms with van der Waals surface area (Å²) >= 11 is 0. The third-order valence-corrected chi connectivity index (χ3v) is 3.19. The molecule has 2 heterocycles. The van der Waals surface area contributed by atoms with E-state index in [4.69, 9.17) is 0 Å². The van der Waals surface area contributed by atoms with Crippen LogP contribution < -0.4 is 4.90 Å². The lowest BCUT2D eigenvalue weighted by Gasteiger charge is -2.17. The topological polar surface area (TPSA) is 41.9 Å². The van der Waals surface area contributed by atoms with Gasteiger partial charge < -0.3 is 4.90 Å². The second kappa shape index (κ2) is 4.72. The van der Waals surface area contributed by atoms with Crippen LogP contribution in [0.1, 0.15) is 30.1 Å². The van der Waals surface area contributed by atoms with Crippen molar-refractivity contribution in [3.63, 3.8) is 0 Å². The fourth-order valence-electron chi connectivity index (χ4n) is 1.99. The quantitative estimate of drug-likeness (QED) is 0.823. The minimum absolute atomic E-state index is 0.662. The molecule has 0 saturated heterocycles. The fraction of sp³-hybridized carbons (Fsp3) is 0.357. The lowest BCUT2D eigenvalue weighted by Crippen LogP contribution is -2.18. The van der Waals surface area contributed by atoms with Gasteiger partial charge in [-0.25, -0.2) is 9.97 Å². The predicted molar refractivity (Wildman–Crippen MR) is 70.4 cm³/mol. The molecule has 18 heavy (non-hydrogen) atoms. The van der Waals surface area contributed by atoms with E-state index in [1.54, 1.807) is 6.33 Å². The zero-order valence-electron chi connectivity index (χ0n) is 10.5. The number of hydrogen-bond donors (Lipinski definition) is 0. The molecule has 0 bridgehead atoms. The van der Waals surface area contributed by atoms with E-state index in [1.165, 1.54) is 18.5 Å².